The van der Waals surface area contributed by atoms with Crippen molar-refractivity contribution < 1.29 is 17.1 Å². The fourth-order valence-electron chi connectivity index (χ4n) is 4.45. The third-order valence-corrected chi connectivity index (χ3v) is 11.3. The predicted octanol–water partition coefficient (Wildman–Crippen LogP) is 7.35. The van der Waals surface area contributed by atoms with Crippen LogP contribution in [0.25, 0.3) is 0 Å². The largest absolute Gasteiger partial charge is 0.0622 e. The molecule has 0 nitrogen and oxygen atoms in total. The third kappa shape index (κ3) is 7.46. The first-order valence-corrected chi connectivity index (χ1v) is 15.2. The summed E-state index contributed by atoms with van der Waals surface area (Å²) in [7, 11) is -0.839. The Morgan fingerprint density at radius 3 is 1.11 bits per heavy atom. The molecule has 2 fully saturated rings. The van der Waals surface area contributed by atoms with E-state index in [2.05, 4.69) is 173 Å². The Bertz CT molecular complexity index is 1100. The van der Waals surface area contributed by atoms with Crippen molar-refractivity contribution in [1.82, 2.24) is 0 Å². The second-order valence-corrected chi connectivity index (χ2v) is 13.2. The molecule has 0 unspecified atom stereocenters. The molecule has 0 N–H and O–H groups in total. The molecule has 38 heavy (non-hydrogen) atoms. The SMILES string of the molecule is C[C]1[CH][CH][CH][C]1P(c1ccccc1)c1ccccc1.[CH]1[CH][CH][C](P(c2ccccc2)c2ccccc2)[CH]1.[Fe]. The van der Waals surface area contributed by atoms with Crippen LogP contribution in [0.15, 0.2) is 121 Å². The average Bonchev–Trinajstić information content (AvgIpc) is 3.65. The van der Waals surface area contributed by atoms with Crippen molar-refractivity contribution in [2.24, 2.45) is 0 Å². The maximum Gasteiger partial charge on any atom is 0.0192 e. The van der Waals surface area contributed by atoms with Gasteiger partial charge in [0.2, 0.25) is 0 Å². The van der Waals surface area contributed by atoms with Crippen LogP contribution >= 0.6 is 15.8 Å². The molecule has 2 aliphatic carbocycles. The van der Waals surface area contributed by atoms with Gasteiger partial charge >= 0.3 is 0 Å². The molecule has 0 aromatic heterocycles. The van der Waals surface area contributed by atoms with Gasteiger partial charge in [0.15, 0.2) is 0 Å². The second-order valence-electron chi connectivity index (χ2n) is 8.75. The Morgan fingerprint density at radius 1 is 0.395 bits per heavy atom. The molecule has 0 aliphatic heterocycles. The van der Waals surface area contributed by atoms with Gasteiger partial charge in [0, 0.05) is 28.4 Å². The van der Waals surface area contributed by atoms with Gasteiger partial charge < -0.3 is 0 Å². The van der Waals surface area contributed by atoms with Gasteiger partial charge in [0.1, 0.15) is 0 Å². The fraction of sp³-hybridized carbons (Fsp3) is 0.0286. The molecule has 4 aromatic carbocycles. The number of hydrogen-bond acceptors (Lipinski definition) is 0. The smallest absolute Gasteiger partial charge is 0.0192 e. The van der Waals surface area contributed by atoms with Crippen LogP contribution in [0.5, 0.6) is 0 Å². The second kappa shape index (κ2) is 15.2. The molecule has 0 bridgehead atoms. The van der Waals surface area contributed by atoms with Crippen LogP contribution in [0.4, 0.5) is 0 Å². The van der Waals surface area contributed by atoms with Crippen LogP contribution < -0.4 is 21.2 Å². The maximum absolute atomic E-state index is 2.26. The van der Waals surface area contributed by atoms with E-state index in [1.54, 1.807) is 0 Å². The van der Waals surface area contributed by atoms with E-state index in [4.69, 9.17) is 0 Å². The molecule has 0 saturated heterocycles. The summed E-state index contributed by atoms with van der Waals surface area (Å²) in [6, 6.07) is 43.2. The van der Waals surface area contributed by atoms with Crippen molar-refractivity contribution >= 4 is 37.1 Å². The topological polar surface area (TPSA) is 0 Å². The Kier molecular flexibility index (Phi) is 11.7. The molecule has 6 rings (SSSR count). The van der Waals surface area contributed by atoms with Crippen LogP contribution in [0, 0.1) is 62.2 Å². The summed E-state index contributed by atoms with van der Waals surface area (Å²) in [5.41, 5.74) is 2.88. The van der Waals surface area contributed by atoms with Crippen LogP contribution in [0.1, 0.15) is 6.92 Å². The van der Waals surface area contributed by atoms with Crippen LogP contribution in [-0.4, -0.2) is 0 Å². The zero-order valence-electron chi connectivity index (χ0n) is 21.3. The van der Waals surface area contributed by atoms with E-state index in [0.29, 0.717) is 0 Å². The van der Waals surface area contributed by atoms with Gasteiger partial charge in [-0.25, -0.2) is 0 Å². The zero-order chi connectivity index (χ0) is 25.3. The minimum Gasteiger partial charge on any atom is -0.0622 e. The number of benzene rings is 4. The minimum absolute atomic E-state index is 0. The van der Waals surface area contributed by atoms with Crippen LogP contribution in [-0.2, 0) is 17.1 Å². The Balaban J connectivity index is 0.000000173. The van der Waals surface area contributed by atoms with Gasteiger partial charge in [-0.2, -0.15) is 0 Å². The molecule has 188 valence electrons. The third-order valence-electron chi connectivity index (χ3n) is 6.21. The maximum atomic E-state index is 2.26. The van der Waals surface area contributed by atoms with E-state index >= 15 is 0 Å². The summed E-state index contributed by atoms with van der Waals surface area (Å²) in [5, 5.41) is 5.64. The summed E-state index contributed by atoms with van der Waals surface area (Å²) in [6.07, 6.45) is 15.3. The van der Waals surface area contributed by atoms with Crippen molar-refractivity contribution in [2.75, 3.05) is 0 Å². The van der Waals surface area contributed by atoms with Crippen molar-refractivity contribution in [3.05, 3.63) is 184 Å². The summed E-state index contributed by atoms with van der Waals surface area (Å²) < 4.78 is 0. The van der Waals surface area contributed by atoms with E-state index in [0.717, 1.165) is 0 Å². The minimum atomic E-state index is -0.430. The monoisotopic (exact) mass is 568 g/mol. The standard InChI is InChI=1S/C18H16P.C17H14P.Fe/c1-15-9-8-14-18(15)19(16-10-4-2-5-11-16)17-12-6-3-7-13-17;1-3-9-15(10-4-1)18(17-13-7-8-14-17)16-11-5-2-6-12-16;/h2-14H,1H3;1-14H;. The van der Waals surface area contributed by atoms with Gasteiger partial charge in [-0.1, -0.05) is 128 Å². The first kappa shape index (κ1) is 29.2. The first-order chi connectivity index (χ1) is 18.3. The van der Waals surface area contributed by atoms with E-state index in [1.165, 1.54) is 38.5 Å². The van der Waals surface area contributed by atoms with Crippen molar-refractivity contribution in [3.63, 3.8) is 0 Å². The number of rotatable bonds is 6. The van der Waals surface area contributed by atoms with E-state index < -0.39 is 15.8 Å². The molecule has 2 aliphatic rings. The zero-order valence-corrected chi connectivity index (χ0v) is 24.2. The molecule has 0 heterocycles. The predicted molar refractivity (Wildman–Crippen MR) is 164 cm³/mol. The molecule has 2 saturated carbocycles. The van der Waals surface area contributed by atoms with Gasteiger partial charge in [0.05, 0.1) is 0 Å². The summed E-state index contributed by atoms with van der Waals surface area (Å²) >= 11 is 0. The molecule has 10 radical (unpaired) electrons. The normalized spacial score (nSPS) is 16.3. The first-order valence-electron chi connectivity index (χ1n) is 12.6. The molecule has 4 aromatic rings. The number of hydrogen-bond donors (Lipinski definition) is 0. The molecular formula is C35H30FeP2. The van der Waals surface area contributed by atoms with Crippen molar-refractivity contribution in [2.45, 2.75) is 6.92 Å². The van der Waals surface area contributed by atoms with Crippen LogP contribution in [0.3, 0.4) is 0 Å². The molecule has 3 heteroatoms. The molecular weight excluding hydrogens is 538 g/mol. The van der Waals surface area contributed by atoms with E-state index in [-0.39, 0.29) is 17.1 Å². The molecule has 0 amide bonds. The van der Waals surface area contributed by atoms with E-state index in [1.807, 2.05) is 0 Å². The summed E-state index contributed by atoms with van der Waals surface area (Å²) in [5.74, 6) is 1.39. The van der Waals surface area contributed by atoms with Gasteiger partial charge in [-0.3, -0.25) is 0 Å². The van der Waals surface area contributed by atoms with Crippen molar-refractivity contribution in [3.8, 4) is 0 Å². The Morgan fingerprint density at radius 2 is 0.763 bits per heavy atom. The molecule has 0 atom stereocenters. The van der Waals surface area contributed by atoms with Gasteiger partial charge in [-0.15, -0.1) is 0 Å². The fourth-order valence-corrected chi connectivity index (χ4v) is 9.21. The van der Waals surface area contributed by atoms with Crippen LogP contribution in [0.2, 0.25) is 0 Å². The average molecular weight is 568 g/mol. The summed E-state index contributed by atoms with van der Waals surface area (Å²) in [6.45, 7) is 2.20. The Labute approximate surface area is 243 Å². The molecule has 0 spiro atoms. The Hall–Kier alpha value is -1.74. The van der Waals surface area contributed by atoms with Crippen molar-refractivity contribution in [1.29, 1.82) is 0 Å². The van der Waals surface area contributed by atoms with Gasteiger partial charge in [0.25, 0.3) is 0 Å². The van der Waals surface area contributed by atoms with Gasteiger partial charge in [-0.05, 0) is 87.9 Å². The summed E-state index contributed by atoms with van der Waals surface area (Å²) in [4.78, 5) is 0. The quantitative estimate of drug-likeness (QED) is 0.169. The van der Waals surface area contributed by atoms with E-state index in [9.17, 15) is 0 Å².